The molecule has 1 aliphatic rings. The van der Waals surface area contributed by atoms with Crippen LogP contribution in [-0.2, 0) is 4.79 Å². The van der Waals surface area contributed by atoms with Crippen molar-refractivity contribution < 1.29 is 4.79 Å². The van der Waals surface area contributed by atoms with Crippen LogP contribution in [0.1, 0.15) is 33.1 Å². The minimum atomic E-state index is -0.0807. The van der Waals surface area contributed by atoms with Gasteiger partial charge in [0.2, 0.25) is 5.91 Å². The van der Waals surface area contributed by atoms with Gasteiger partial charge in [-0.25, -0.2) is 0 Å². The number of nitrogens with one attached hydrogen (secondary N) is 2. The molecular formula is C11H22N2OS. The maximum Gasteiger partial charge on any atom is 0.237 e. The van der Waals surface area contributed by atoms with Gasteiger partial charge in [0.1, 0.15) is 0 Å². The van der Waals surface area contributed by atoms with Crippen molar-refractivity contribution in [1.29, 1.82) is 0 Å². The second kappa shape index (κ2) is 6.38. The largest absolute Gasteiger partial charge is 0.352 e. The SMILES string of the molecule is CCSC1CCC(NC(=O)C(C)NC)C1. The van der Waals surface area contributed by atoms with Crippen molar-refractivity contribution in [3.8, 4) is 0 Å². The van der Waals surface area contributed by atoms with E-state index in [1.807, 2.05) is 25.7 Å². The Bertz CT molecular complexity index is 211. The fourth-order valence-electron chi connectivity index (χ4n) is 1.92. The van der Waals surface area contributed by atoms with Crippen LogP contribution in [-0.4, -0.2) is 36.0 Å². The van der Waals surface area contributed by atoms with E-state index in [0.717, 1.165) is 18.1 Å². The van der Waals surface area contributed by atoms with Crippen LogP contribution in [0.25, 0.3) is 0 Å². The molecule has 0 aromatic carbocycles. The molecule has 0 saturated heterocycles. The molecule has 0 aliphatic heterocycles. The lowest BCUT2D eigenvalue weighted by Crippen LogP contribution is -2.44. The zero-order chi connectivity index (χ0) is 11.3. The average molecular weight is 230 g/mol. The quantitative estimate of drug-likeness (QED) is 0.750. The van der Waals surface area contributed by atoms with Crippen LogP contribution in [0, 0.1) is 0 Å². The molecule has 2 N–H and O–H groups in total. The van der Waals surface area contributed by atoms with E-state index in [4.69, 9.17) is 0 Å². The summed E-state index contributed by atoms with van der Waals surface area (Å²) in [6.45, 7) is 4.09. The topological polar surface area (TPSA) is 41.1 Å². The maximum absolute atomic E-state index is 11.6. The van der Waals surface area contributed by atoms with Crippen molar-refractivity contribution in [3.05, 3.63) is 0 Å². The maximum atomic E-state index is 11.6. The van der Waals surface area contributed by atoms with Gasteiger partial charge in [0, 0.05) is 11.3 Å². The van der Waals surface area contributed by atoms with E-state index < -0.39 is 0 Å². The number of hydrogen-bond donors (Lipinski definition) is 2. The Kier molecular flexibility index (Phi) is 5.47. The van der Waals surface area contributed by atoms with Crippen molar-refractivity contribution in [3.63, 3.8) is 0 Å². The number of carbonyl (C=O) groups excluding carboxylic acids is 1. The Morgan fingerprint density at radius 3 is 2.87 bits per heavy atom. The van der Waals surface area contributed by atoms with E-state index in [1.165, 1.54) is 12.2 Å². The fraction of sp³-hybridized carbons (Fsp3) is 0.909. The number of hydrogen-bond acceptors (Lipinski definition) is 3. The van der Waals surface area contributed by atoms with Crippen LogP contribution in [0.2, 0.25) is 0 Å². The first kappa shape index (κ1) is 12.8. The molecular weight excluding hydrogens is 208 g/mol. The third-order valence-corrected chi connectivity index (χ3v) is 4.19. The first-order valence-corrected chi connectivity index (χ1v) is 6.81. The number of thioether (sulfide) groups is 1. The van der Waals surface area contributed by atoms with Gasteiger partial charge in [-0.1, -0.05) is 6.92 Å². The van der Waals surface area contributed by atoms with Crippen molar-refractivity contribution in [1.82, 2.24) is 10.6 Å². The summed E-state index contributed by atoms with van der Waals surface area (Å²) in [6.07, 6.45) is 3.53. The lowest BCUT2D eigenvalue weighted by atomic mass is 10.2. The van der Waals surface area contributed by atoms with Crippen LogP contribution >= 0.6 is 11.8 Å². The van der Waals surface area contributed by atoms with E-state index in [0.29, 0.717) is 6.04 Å². The molecule has 4 heteroatoms. The second-order valence-electron chi connectivity index (χ2n) is 4.11. The number of amides is 1. The lowest BCUT2D eigenvalue weighted by molar-refractivity contribution is -0.123. The minimum absolute atomic E-state index is 0.0807. The van der Waals surface area contributed by atoms with Gasteiger partial charge < -0.3 is 10.6 Å². The Labute approximate surface area is 96.8 Å². The molecule has 1 aliphatic carbocycles. The molecule has 3 nitrogen and oxygen atoms in total. The number of likely N-dealkylation sites (N-methyl/N-ethyl adjacent to an activating group) is 1. The van der Waals surface area contributed by atoms with Crippen molar-refractivity contribution in [2.45, 2.75) is 50.4 Å². The first-order valence-electron chi connectivity index (χ1n) is 5.76. The van der Waals surface area contributed by atoms with E-state index in [1.54, 1.807) is 0 Å². The highest BCUT2D eigenvalue weighted by Gasteiger charge is 2.26. The third kappa shape index (κ3) is 4.03. The molecule has 1 amide bonds. The van der Waals surface area contributed by atoms with Crippen molar-refractivity contribution >= 4 is 17.7 Å². The molecule has 0 aromatic rings. The minimum Gasteiger partial charge on any atom is -0.352 e. The summed E-state index contributed by atoms with van der Waals surface area (Å²) in [5.74, 6) is 1.31. The number of rotatable bonds is 5. The Morgan fingerprint density at radius 1 is 1.53 bits per heavy atom. The van der Waals surface area contributed by atoms with E-state index >= 15 is 0 Å². The van der Waals surface area contributed by atoms with Crippen LogP contribution in [0.5, 0.6) is 0 Å². The standard InChI is InChI=1S/C11H22N2OS/c1-4-15-10-6-5-9(7-10)13-11(14)8(2)12-3/h8-10,12H,4-7H2,1-3H3,(H,13,14). The van der Waals surface area contributed by atoms with Gasteiger partial charge in [0.15, 0.2) is 0 Å². The van der Waals surface area contributed by atoms with Gasteiger partial charge in [-0.15, -0.1) is 0 Å². The summed E-state index contributed by atoms with van der Waals surface area (Å²) >= 11 is 2.02. The van der Waals surface area contributed by atoms with Crippen molar-refractivity contribution in [2.24, 2.45) is 0 Å². The molecule has 1 fully saturated rings. The fourth-order valence-corrected chi connectivity index (χ4v) is 3.06. The van der Waals surface area contributed by atoms with Gasteiger partial charge in [-0.05, 0) is 39.0 Å². The molecule has 0 aromatic heterocycles. The summed E-state index contributed by atoms with van der Waals surface area (Å²) < 4.78 is 0. The molecule has 0 spiro atoms. The smallest absolute Gasteiger partial charge is 0.237 e. The summed E-state index contributed by atoms with van der Waals surface area (Å²) in [5, 5.41) is 6.82. The average Bonchev–Trinajstić information content (AvgIpc) is 2.65. The molecule has 1 rings (SSSR count). The zero-order valence-electron chi connectivity index (χ0n) is 9.88. The van der Waals surface area contributed by atoms with Crippen LogP contribution in [0.3, 0.4) is 0 Å². The van der Waals surface area contributed by atoms with Gasteiger partial charge >= 0.3 is 0 Å². The Morgan fingerprint density at radius 2 is 2.27 bits per heavy atom. The van der Waals surface area contributed by atoms with Crippen LogP contribution in [0.4, 0.5) is 0 Å². The van der Waals surface area contributed by atoms with Gasteiger partial charge in [0.05, 0.1) is 6.04 Å². The van der Waals surface area contributed by atoms with Gasteiger partial charge in [-0.2, -0.15) is 11.8 Å². The first-order chi connectivity index (χ1) is 7.17. The van der Waals surface area contributed by atoms with E-state index in [-0.39, 0.29) is 11.9 Å². The normalized spacial score (nSPS) is 27.7. The van der Waals surface area contributed by atoms with Crippen LogP contribution in [0.15, 0.2) is 0 Å². The van der Waals surface area contributed by atoms with E-state index in [9.17, 15) is 4.79 Å². The molecule has 0 heterocycles. The van der Waals surface area contributed by atoms with Crippen LogP contribution < -0.4 is 10.6 Å². The predicted molar refractivity (Wildman–Crippen MR) is 66.2 cm³/mol. The molecule has 15 heavy (non-hydrogen) atoms. The summed E-state index contributed by atoms with van der Waals surface area (Å²) in [4.78, 5) is 11.6. The summed E-state index contributed by atoms with van der Waals surface area (Å²) in [6, 6.07) is 0.320. The van der Waals surface area contributed by atoms with Gasteiger partial charge in [-0.3, -0.25) is 4.79 Å². The highest BCUT2D eigenvalue weighted by molar-refractivity contribution is 7.99. The summed E-state index contributed by atoms with van der Waals surface area (Å²) in [5.41, 5.74) is 0. The number of carbonyl (C=O) groups is 1. The Balaban J connectivity index is 2.26. The zero-order valence-corrected chi connectivity index (χ0v) is 10.7. The van der Waals surface area contributed by atoms with E-state index in [2.05, 4.69) is 17.6 Å². The monoisotopic (exact) mass is 230 g/mol. The third-order valence-electron chi connectivity index (χ3n) is 2.96. The Hall–Kier alpha value is -0.220. The van der Waals surface area contributed by atoms with Gasteiger partial charge in [0.25, 0.3) is 0 Å². The molecule has 0 bridgehead atoms. The molecule has 0 radical (unpaired) electrons. The molecule has 1 saturated carbocycles. The predicted octanol–water partition coefficient (Wildman–Crippen LogP) is 1.38. The molecule has 3 atom stereocenters. The summed E-state index contributed by atoms with van der Waals surface area (Å²) in [7, 11) is 1.81. The molecule has 88 valence electrons. The highest BCUT2D eigenvalue weighted by Crippen LogP contribution is 2.29. The second-order valence-corrected chi connectivity index (χ2v) is 5.68. The molecule has 3 unspecified atom stereocenters. The van der Waals surface area contributed by atoms with Crippen molar-refractivity contribution in [2.75, 3.05) is 12.8 Å². The highest BCUT2D eigenvalue weighted by atomic mass is 32.2. The lowest BCUT2D eigenvalue weighted by Gasteiger charge is -2.16.